The van der Waals surface area contributed by atoms with Crippen LogP contribution in [0.2, 0.25) is 0 Å². The highest BCUT2D eigenvalue weighted by Crippen LogP contribution is 2.47. The topological polar surface area (TPSA) is 126 Å². The number of aliphatic imine (C=N–C) groups is 1. The van der Waals surface area contributed by atoms with Gasteiger partial charge in [0.1, 0.15) is 12.6 Å². The van der Waals surface area contributed by atoms with E-state index >= 15 is 0 Å². The van der Waals surface area contributed by atoms with Crippen LogP contribution in [0.5, 0.6) is 0 Å². The molecule has 0 saturated carbocycles. The Morgan fingerprint density at radius 3 is 2.06 bits per heavy atom. The van der Waals surface area contributed by atoms with Crippen LogP contribution in [0.4, 0.5) is 5.82 Å². The summed E-state index contributed by atoms with van der Waals surface area (Å²) in [6, 6.07) is 34.0. The van der Waals surface area contributed by atoms with Crippen molar-refractivity contribution in [2.45, 2.75) is 76.5 Å². The fourth-order valence-electron chi connectivity index (χ4n) is 7.07. The molecule has 2 aromatic heterocycles. The number of aromatic nitrogens is 4. The summed E-state index contributed by atoms with van der Waals surface area (Å²) in [6.45, 7) is 9.07. The van der Waals surface area contributed by atoms with Gasteiger partial charge in [-0.15, -0.1) is 0 Å². The number of imidazole rings is 1. The summed E-state index contributed by atoms with van der Waals surface area (Å²) in [5.74, 6) is 0.485. The van der Waals surface area contributed by atoms with Gasteiger partial charge in [-0.1, -0.05) is 91.0 Å². The Labute approximate surface area is 319 Å². The van der Waals surface area contributed by atoms with Crippen molar-refractivity contribution in [3.63, 3.8) is 0 Å². The monoisotopic (exact) mass is 747 g/mol. The summed E-state index contributed by atoms with van der Waals surface area (Å²) in [5.41, 5.74) is 3.78. The first-order chi connectivity index (χ1) is 26.2. The molecule has 12 nitrogen and oxygen atoms in total. The van der Waals surface area contributed by atoms with Gasteiger partial charge in [0.15, 0.2) is 17.0 Å². The minimum absolute atomic E-state index is 0.160. The second-order valence-corrected chi connectivity index (χ2v) is 15.5. The van der Waals surface area contributed by atoms with Crippen molar-refractivity contribution in [1.82, 2.24) is 34.4 Å². The molecule has 0 bridgehead atoms. The highest BCUT2D eigenvalue weighted by molar-refractivity contribution is 7.44. The normalized spacial score (nSPS) is 18.3. The Kier molecular flexibility index (Phi) is 13.1. The lowest BCUT2D eigenvalue weighted by molar-refractivity contribution is -0.0242. The Morgan fingerprint density at radius 2 is 1.52 bits per heavy atom. The molecule has 3 aromatic carbocycles. The maximum absolute atomic E-state index is 9.30. The summed E-state index contributed by atoms with van der Waals surface area (Å²) >= 11 is 0. The van der Waals surface area contributed by atoms with Crippen molar-refractivity contribution >= 4 is 31.8 Å². The Balaban J connectivity index is 1.43. The van der Waals surface area contributed by atoms with E-state index in [2.05, 4.69) is 132 Å². The molecule has 6 rings (SSSR count). The minimum atomic E-state index is -1.50. The smallest absolute Gasteiger partial charge is 0.259 e. The van der Waals surface area contributed by atoms with E-state index < -0.39 is 26.4 Å². The zero-order chi connectivity index (χ0) is 38.1. The number of nitriles is 1. The van der Waals surface area contributed by atoms with Crippen molar-refractivity contribution in [3.8, 4) is 6.07 Å². The number of benzene rings is 3. The fourth-order valence-corrected chi connectivity index (χ4v) is 8.68. The molecule has 1 saturated heterocycles. The number of rotatable bonds is 17. The van der Waals surface area contributed by atoms with E-state index in [1.165, 1.54) is 6.33 Å². The summed E-state index contributed by atoms with van der Waals surface area (Å²) < 4.78 is 24.3. The standard InChI is InChI=1S/C41H50N9O3P/c1-30(2)50(31(3)4)54(51-24-16-23-42)52-26-36-35(25-37(53-36)49-29-45-38-39(46-28-48(5)6)43-27-44-40(38)49)47-41(32-17-10-7-11-18-32,33-19-12-8-13-20-33)34-21-14-9-15-22-34/h7-15,17-22,27-31,35-37,47H,16,24-26H2,1-6H3/b46-28-/t35-,36-,37-,54?/m1/s1. The highest BCUT2D eigenvalue weighted by atomic mass is 31.2. The average Bonchev–Trinajstić information content (AvgIpc) is 3.80. The summed E-state index contributed by atoms with van der Waals surface area (Å²) in [4.78, 5) is 20.1. The van der Waals surface area contributed by atoms with Crippen LogP contribution in [0.3, 0.4) is 0 Å². The van der Waals surface area contributed by atoms with Crippen LogP contribution in [0, 0.1) is 11.3 Å². The van der Waals surface area contributed by atoms with E-state index in [0.717, 1.165) is 16.7 Å². The predicted octanol–water partition coefficient (Wildman–Crippen LogP) is 7.58. The van der Waals surface area contributed by atoms with Crippen LogP contribution in [-0.2, 0) is 19.3 Å². The maximum atomic E-state index is 9.30. The van der Waals surface area contributed by atoms with E-state index in [-0.39, 0.29) is 37.8 Å². The molecule has 0 radical (unpaired) electrons. The molecule has 1 unspecified atom stereocenters. The minimum Gasteiger partial charge on any atom is -0.369 e. The van der Waals surface area contributed by atoms with Crippen LogP contribution in [-0.4, -0.2) is 87.0 Å². The van der Waals surface area contributed by atoms with Gasteiger partial charge in [0, 0.05) is 38.6 Å². The Bertz CT molecular complexity index is 1880. The molecule has 282 valence electrons. The zero-order valence-electron chi connectivity index (χ0n) is 31.9. The molecule has 1 aliphatic heterocycles. The number of fused-ring (bicyclic) bond motifs is 1. The molecule has 54 heavy (non-hydrogen) atoms. The quantitative estimate of drug-likeness (QED) is 0.0335. The van der Waals surface area contributed by atoms with Crippen LogP contribution >= 0.6 is 8.53 Å². The Morgan fingerprint density at radius 1 is 0.926 bits per heavy atom. The van der Waals surface area contributed by atoms with Gasteiger partial charge in [-0.25, -0.2) is 24.6 Å². The molecular weight excluding hydrogens is 697 g/mol. The van der Waals surface area contributed by atoms with Gasteiger partial charge in [-0.2, -0.15) is 5.26 Å². The SMILES string of the molecule is CC(C)N(C(C)C)P(OCCC#N)OC[C@H]1O[C@@H](n2cnc3c(/N=C\N(C)C)ncnc32)C[C@H]1NC(c1ccccc1)(c1ccccc1)c1ccccc1. The molecule has 3 heterocycles. The number of nitrogens with zero attached hydrogens (tertiary/aromatic N) is 8. The first-order valence-corrected chi connectivity index (χ1v) is 19.5. The lowest BCUT2D eigenvalue weighted by Crippen LogP contribution is -2.53. The fraction of sp³-hybridized carbons (Fsp3) is 0.390. The van der Waals surface area contributed by atoms with Crippen molar-refractivity contribution in [1.29, 1.82) is 5.26 Å². The van der Waals surface area contributed by atoms with Gasteiger partial charge in [-0.05, 0) is 44.4 Å². The van der Waals surface area contributed by atoms with E-state index in [1.807, 2.05) is 41.8 Å². The van der Waals surface area contributed by atoms with Gasteiger partial charge in [-0.3, -0.25) is 9.88 Å². The van der Waals surface area contributed by atoms with Gasteiger partial charge in [0.2, 0.25) is 0 Å². The molecule has 4 atom stereocenters. The number of nitrogens with one attached hydrogen (secondary N) is 1. The summed E-state index contributed by atoms with van der Waals surface area (Å²) in [7, 11) is 2.31. The number of hydrogen-bond donors (Lipinski definition) is 1. The molecule has 1 aliphatic rings. The van der Waals surface area contributed by atoms with Gasteiger partial charge < -0.3 is 18.7 Å². The van der Waals surface area contributed by atoms with Crippen LogP contribution in [0.15, 0.2) is 109 Å². The second-order valence-electron chi connectivity index (χ2n) is 14.0. The highest BCUT2D eigenvalue weighted by Gasteiger charge is 2.45. The van der Waals surface area contributed by atoms with E-state index in [4.69, 9.17) is 18.8 Å². The third-order valence-corrected chi connectivity index (χ3v) is 11.4. The van der Waals surface area contributed by atoms with Crippen LogP contribution in [0.1, 0.15) is 63.5 Å². The van der Waals surface area contributed by atoms with Crippen molar-refractivity contribution in [2.75, 3.05) is 27.3 Å². The van der Waals surface area contributed by atoms with Crippen molar-refractivity contribution in [3.05, 3.63) is 120 Å². The molecule has 13 heteroatoms. The number of hydrogen-bond acceptors (Lipinski definition) is 10. The molecule has 0 aliphatic carbocycles. The lowest BCUT2D eigenvalue weighted by atomic mass is 9.76. The Hall–Kier alpha value is -4.60. The van der Waals surface area contributed by atoms with E-state index in [9.17, 15) is 5.26 Å². The van der Waals surface area contributed by atoms with Gasteiger partial charge in [0.05, 0.1) is 50.0 Å². The van der Waals surface area contributed by atoms with Crippen molar-refractivity contribution in [2.24, 2.45) is 4.99 Å². The molecule has 0 spiro atoms. The molecular formula is C41H50N9O3P. The van der Waals surface area contributed by atoms with Crippen LogP contribution < -0.4 is 5.32 Å². The van der Waals surface area contributed by atoms with Gasteiger partial charge in [0.25, 0.3) is 8.53 Å². The summed E-state index contributed by atoms with van der Waals surface area (Å²) in [5, 5.41) is 13.5. The largest absolute Gasteiger partial charge is 0.369 e. The molecule has 0 amide bonds. The third-order valence-electron chi connectivity index (χ3n) is 9.33. The molecule has 5 aromatic rings. The second kappa shape index (κ2) is 18.2. The lowest BCUT2D eigenvalue weighted by Gasteiger charge is -2.40. The van der Waals surface area contributed by atoms with E-state index in [1.54, 1.807) is 12.7 Å². The first kappa shape index (κ1) is 39.1. The predicted molar refractivity (Wildman–Crippen MR) is 213 cm³/mol. The third kappa shape index (κ3) is 8.68. The summed E-state index contributed by atoms with van der Waals surface area (Å²) in [6.07, 6.45) is 4.99. The number of ether oxygens (including phenoxy) is 1. The first-order valence-electron chi connectivity index (χ1n) is 18.4. The molecule has 1 fully saturated rings. The van der Waals surface area contributed by atoms with Gasteiger partial charge >= 0.3 is 0 Å². The zero-order valence-corrected chi connectivity index (χ0v) is 32.8. The average molecular weight is 748 g/mol. The maximum Gasteiger partial charge on any atom is 0.259 e. The van der Waals surface area contributed by atoms with E-state index in [0.29, 0.717) is 23.4 Å². The van der Waals surface area contributed by atoms with Crippen molar-refractivity contribution < 1.29 is 13.8 Å². The molecule has 1 N–H and O–H groups in total. The van der Waals surface area contributed by atoms with Crippen LogP contribution in [0.25, 0.3) is 11.2 Å².